The van der Waals surface area contributed by atoms with E-state index in [0.717, 1.165) is 0 Å². The van der Waals surface area contributed by atoms with E-state index in [1.807, 2.05) is 0 Å². The maximum absolute atomic E-state index is 4.83. The Kier molecular flexibility index (Phi) is 2.21. The van der Waals surface area contributed by atoms with Crippen LogP contribution in [-0.2, 0) is 11.2 Å². The smallest absolute Gasteiger partial charge is 0.218 e. The van der Waals surface area contributed by atoms with Crippen molar-refractivity contribution in [2.75, 3.05) is 13.7 Å². The Hall–Kier alpha value is -0.900. The van der Waals surface area contributed by atoms with E-state index in [-0.39, 0.29) is 0 Å². The molecule has 0 saturated carbocycles. The molecule has 0 unspecified atom stereocenters. The lowest BCUT2D eigenvalue weighted by molar-refractivity contribution is 0.195. The normalized spacial score (nSPS) is 9.89. The first-order chi connectivity index (χ1) is 4.43. The number of aromatic nitrogens is 2. The van der Waals surface area contributed by atoms with Gasteiger partial charge in [0.2, 0.25) is 12.3 Å². The van der Waals surface area contributed by atoms with E-state index in [4.69, 9.17) is 9.15 Å². The van der Waals surface area contributed by atoms with Gasteiger partial charge < -0.3 is 9.15 Å². The highest BCUT2D eigenvalue weighted by Crippen LogP contribution is 1.91. The molecule has 1 rings (SSSR count). The summed E-state index contributed by atoms with van der Waals surface area (Å²) in [6.07, 6.45) is 2.00. The second kappa shape index (κ2) is 3.19. The summed E-state index contributed by atoms with van der Waals surface area (Å²) in [6.45, 7) is 0.627. The highest BCUT2D eigenvalue weighted by atomic mass is 16.5. The Balaban J connectivity index is 2.30. The summed E-state index contributed by atoms with van der Waals surface area (Å²) in [4.78, 5) is 0. The first kappa shape index (κ1) is 6.22. The van der Waals surface area contributed by atoms with E-state index in [1.165, 1.54) is 6.39 Å². The summed E-state index contributed by atoms with van der Waals surface area (Å²) in [5, 5.41) is 7.16. The van der Waals surface area contributed by atoms with Gasteiger partial charge in [-0.05, 0) is 0 Å². The molecule has 0 N–H and O–H groups in total. The average Bonchev–Trinajstić information content (AvgIpc) is 2.34. The van der Waals surface area contributed by atoms with Crippen molar-refractivity contribution in [2.24, 2.45) is 0 Å². The summed E-state index contributed by atoms with van der Waals surface area (Å²) in [5.41, 5.74) is 0. The molecule has 0 saturated heterocycles. The van der Waals surface area contributed by atoms with Crippen molar-refractivity contribution < 1.29 is 9.15 Å². The highest BCUT2D eigenvalue weighted by Gasteiger charge is 1.94. The van der Waals surface area contributed by atoms with Gasteiger partial charge in [-0.2, -0.15) is 0 Å². The molecule has 0 aromatic carbocycles. The van der Waals surface area contributed by atoms with Gasteiger partial charge in [0.1, 0.15) is 0 Å². The molecule has 4 heteroatoms. The monoisotopic (exact) mass is 128 g/mol. The zero-order chi connectivity index (χ0) is 6.53. The predicted molar refractivity (Wildman–Crippen MR) is 29.9 cm³/mol. The molecule has 0 fully saturated rings. The summed E-state index contributed by atoms with van der Waals surface area (Å²) in [6, 6.07) is 0. The third-order valence-electron chi connectivity index (χ3n) is 0.925. The van der Waals surface area contributed by atoms with Gasteiger partial charge in [0.25, 0.3) is 0 Å². The molecule has 1 heterocycles. The van der Waals surface area contributed by atoms with Crippen LogP contribution in [0.2, 0.25) is 0 Å². The lowest BCUT2D eigenvalue weighted by atomic mass is 10.5. The van der Waals surface area contributed by atoms with E-state index in [0.29, 0.717) is 18.9 Å². The third kappa shape index (κ3) is 1.81. The molecule has 9 heavy (non-hydrogen) atoms. The zero-order valence-electron chi connectivity index (χ0n) is 5.20. The molecule has 50 valence electrons. The third-order valence-corrected chi connectivity index (χ3v) is 0.925. The van der Waals surface area contributed by atoms with Gasteiger partial charge in [-0.15, -0.1) is 10.2 Å². The number of hydrogen-bond donors (Lipinski definition) is 0. The van der Waals surface area contributed by atoms with Crippen molar-refractivity contribution in [3.63, 3.8) is 0 Å². The molecule has 1 aromatic rings. The number of ether oxygens (including phenoxy) is 1. The average molecular weight is 128 g/mol. The molecule has 0 radical (unpaired) electrons. The van der Waals surface area contributed by atoms with Gasteiger partial charge in [0.05, 0.1) is 6.61 Å². The number of rotatable bonds is 3. The summed E-state index contributed by atoms with van der Waals surface area (Å²) in [5.74, 6) is 0.622. The van der Waals surface area contributed by atoms with Crippen molar-refractivity contribution in [3.05, 3.63) is 12.3 Å². The SMILES string of the molecule is COCCc1nnco1. The van der Waals surface area contributed by atoms with Crippen LogP contribution in [0, 0.1) is 0 Å². The Morgan fingerprint density at radius 3 is 3.22 bits per heavy atom. The van der Waals surface area contributed by atoms with Crippen LogP contribution in [0.15, 0.2) is 10.8 Å². The summed E-state index contributed by atoms with van der Waals surface area (Å²) < 4.78 is 9.62. The van der Waals surface area contributed by atoms with Crippen LogP contribution >= 0.6 is 0 Å². The molecular weight excluding hydrogens is 120 g/mol. The molecule has 0 bridgehead atoms. The predicted octanol–water partition coefficient (Wildman–Crippen LogP) is 0.259. The minimum absolute atomic E-state index is 0.622. The maximum Gasteiger partial charge on any atom is 0.218 e. The van der Waals surface area contributed by atoms with Crippen LogP contribution < -0.4 is 0 Å². The van der Waals surface area contributed by atoms with Gasteiger partial charge in [0, 0.05) is 13.5 Å². The van der Waals surface area contributed by atoms with Crippen LogP contribution in [0.3, 0.4) is 0 Å². The molecule has 1 aromatic heterocycles. The fraction of sp³-hybridized carbons (Fsp3) is 0.600. The van der Waals surface area contributed by atoms with Crippen LogP contribution in [0.25, 0.3) is 0 Å². The molecule has 0 spiro atoms. The van der Waals surface area contributed by atoms with Gasteiger partial charge in [0.15, 0.2) is 0 Å². The highest BCUT2D eigenvalue weighted by molar-refractivity contribution is 4.71. The van der Waals surface area contributed by atoms with Crippen LogP contribution in [0.4, 0.5) is 0 Å². The Labute approximate surface area is 52.8 Å². The number of nitrogens with zero attached hydrogens (tertiary/aromatic N) is 2. The summed E-state index contributed by atoms with van der Waals surface area (Å²) >= 11 is 0. The minimum atomic E-state index is 0.622. The van der Waals surface area contributed by atoms with E-state index < -0.39 is 0 Å². The first-order valence-corrected chi connectivity index (χ1v) is 2.67. The van der Waals surface area contributed by atoms with Gasteiger partial charge in [-0.1, -0.05) is 0 Å². The van der Waals surface area contributed by atoms with Crippen molar-refractivity contribution in [3.8, 4) is 0 Å². The lowest BCUT2D eigenvalue weighted by Crippen LogP contribution is -1.93. The molecule has 4 nitrogen and oxygen atoms in total. The fourth-order valence-corrected chi connectivity index (χ4v) is 0.494. The quantitative estimate of drug-likeness (QED) is 0.585. The Bertz CT molecular complexity index is 150. The van der Waals surface area contributed by atoms with Crippen molar-refractivity contribution >= 4 is 0 Å². The zero-order valence-corrected chi connectivity index (χ0v) is 5.20. The lowest BCUT2D eigenvalue weighted by Gasteiger charge is -1.89. The second-order valence-corrected chi connectivity index (χ2v) is 1.58. The van der Waals surface area contributed by atoms with Crippen molar-refractivity contribution in [2.45, 2.75) is 6.42 Å². The standard InChI is InChI=1S/C5H8N2O2/c1-8-3-2-5-7-6-4-9-5/h4H,2-3H2,1H3. The maximum atomic E-state index is 4.83. The van der Waals surface area contributed by atoms with Crippen molar-refractivity contribution in [1.29, 1.82) is 0 Å². The minimum Gasteiger partial charge on any atom is -0.428 e. The Morgan fingerprint density at radius 1 is 1.78 bits per heavy atom. The molecule has 0 aliphatic carbocycles. The molecule has 0 amide bonds. The van der Waals surface area contributed by atoms with E-state index in [2.05, 4.69) is 10.2 Å². The van der Waals surface area contributed by atoms with Crippen LogP contribution in [0.5, 0.6) is 0 Å². The molecule has 0 aliphatic heterocycles. The van der Waals surface area contributed by atoms with E-state index >= 15 is 0 Å². The molecule has 0 aliphatic rings. The van der Waals surface area contributed by atoms with E-state index in [9.17, 15) is 0 Å². The fourth-order valence-electron chi connectivity index (χ4n) is 0.494. The topological polar surface area (TPSA) is 48.2 Å². The van der Waals surface area contributed by atoms with Crippen LogP contribution in [-0.4, -0.2) is 23.9 Å². The van der Waals surface area contributed by atoms with Crippen LogP contribution in [0.1, 0.15) is 5.89 Å². The van der Waals surface area contributed by atoms with Gasteiger partial charge in [-0.25, -0.2) is 0 Å². The summed E-state index contributed by atoms with van der Waals surface area (Å²) in [7, 11) is 1.64. The first-order valence-electron chi connectivity index (χ1n) is 2.67. The second-order valence-electron chi connectivity index (χ2n) is 1.58. The van der Waals surface area contributed by atoms with E-state index in [1.54, 1.807) is 7.11 Å². The van der Waals surface area contributed by atoms with Gasteiger partial charge in [-0.3, -0.25) is 0 Å². The van der Waals surface area contributed by atoms with Gasteiger partial charge >= 0.3 is 0 Å². The number of hydrogen-bond acceptors (Lipinski definition) is 4. The number of methoxy groups -OCH3 is 1. The largest absolute Gasteiger partial charge is 0.428 e. The molecule has 0 atom stereocenters. The Morgan fingerprint density at radius 2 is 2.67 bits per heavy atom. The van der Waals surface area contributed by atoms with Crippen molar-refractivity contribution in [1.82, 2.24) is 10.2 Å². The molecular formula is C5H8N2O2.